The fourth-order valence-electron chi connectivity index (χ4n) is 1.67. The second-order valence-corrected chi connectivity index (χ2v) is 3.50. The van der Waals surface area contributed by atoms with Gasteiger partial charge in [0.25, 0.3) is 0 Å². The number of carboxylic acid groups (broad SMARTS) is 1. The van der Waals surface area contributed by atoms with E-state index in [9.17, 15) is 14.0 Å². The summed E-state index contributed by atoms with van der Waals surface area (Å²) in [6.45, 7) is 1.60. The molecule has 0 atom stereocenters. The highest BCUT2D eigenvalue weighted by Crippen LogP contribution is 2.15. The molecule has 0 bridgehead atoms. The third kappa shape index (κ3) is 1.56. The van der Waals surface area contributed by atoms with Crippen molar-refractivity contribution in [1.29, 1.82) is 0 Å². The van der Waals surface area contributed by atoms with Crippen LogP contribution in [0.2, 0.25) is 0 Å². The number of nitrogens with one attached hydrogen (secondary N) is 1. The van der Waals surface area contributed by atoms with E-state index in [0.29, 0.717) is 10.9 Å². The monoisotopic (exact) mass is 221 g/mol. The number of fused-ring (bicyclic) bond motifs is 1. The SMILES string of the molecule is Cc1cc(F)cc2[nH]c(C(=O)O)cc(=O)c12. The first-order valence-corrected chi connectivity index (χ1v) is 4.55. The molecule has 82 valence electrons. The molecular formula is C11H8FNO3. The zero-order chi connectivity index (χ0) is 11.9. The summed E-state index contributed by atoms with van der Waals surface area (Å²) in [7, 11) is 0. The average molecular weight is 221 g/mol. The van der Waals surface area contributed by atoms with Crippen LogP contribution in [-0.4, -0.2) is 16.1 Å². The number of aryl methyl sites for hydroxylation is 1. The molecule has 0 aliphatic rings. The summed E-state index contributed by atoms with van der Waals surface area (Å²) in [4.78, 5) is 24.8. The van der Waals surface area contributed by atoms with Gasteiger partial charge in [-0.1, -0.05) is 0 Å². The first kappa shape index (κ1) is 10.4. The lowest BCUT2D eigenvalue weighted by Crippen LogP contribution is -2.10. The van der Waals surface area contributed by atoms with Crippen LogP contribution in [0, 0.1) is 12.7 Å². The first-order valence-electron chi connectivity index (χ1n) is 4.55. The van der Waals surface area contributed by atoms with Crippen LogP contribution in [0.4, 0.5) is 4.39 Å². The lowest BCUT2D eigenvalue weighted by Gasteiger charge is -2.03. The van der Waals surface area contributed by atoms with Crippen molar-refractivity contribution in [3.8, 4) is 0 Å². The number of benzene rings is 1. The Morgan fingerprint density at radius 1 is 1.38 bits per heavy atom. The number of H-pyrrole nitrogens is 1. The molecule has 0 fully saturated rings. The smallest absolute Gasteiger partial charge is 0.352 e. The predicted octanol–water partition coefficient (Wildman–Crippen LogP) is 1.67. The minimum absolute atomic E-state index is 0.197. The molecular weight excluding hydrogens is 213 g/mol. The van der Waals surface area contributed by atoms with Crippen LogP contribution < -0.4 is 5.43 Å². The molecule has 0 aliphatic heterocycles. The molecule has 0 aliphatic carbocycles. The maximum absolute atomic E-state index is 13.1. The molecule has 0 saturated carbocycles. The molecule has 2 aromatic rings. The molecule has 0 amide bonds. The fraction of sp³-hybridized carbons (Fsp3) is 0.0909. The van der Waals surface area contributed by atoms with Gasteiger partial charge in [-0.15, -0.1) is 0 Å². The average Bonchev–Trinajstić information content (AvgIpc) is 2.15. The van der Waals surface area contributed by atoms with Crippen molar-refractivity contribution in [3.05, 3.63) is 45.5 Å². The Morgan fingerprint density at radius 2 is 2.06 bits per heavy atom. The number of hydrogen-bond donors (Lipinski definition) is 2. The van der Waals surface area contributed by atoms with Crippen molar-refractivity contribution in [1.82, 2.24) is 4.98 Å². The quantitative estimate of drug-likeness (QED) is 0.769. The van der Waals surface area contributed by atoms with Gasteiger partial charge in [-0.3, -0.25) is 4.79 Å². The van der Waals surface area contributed by atoms with Crippen LogP contribution in [0.15, 0.2) is 23.0 Å². The molecule has 0 radical (unpaired) electrons. The maximum Gasteiger partial charge on any atom is 0.352 e. The van der Waals surface area contributed by atoms with Crippen LogP contribution in [0.1, 0.15) is 16.1 Å². The Balaban J connectivity index is 2.93. The number of aromatic nitrogens is 1. The normalized spacial score (nSPS) is 10.6. The number of halogens is 1. The fourth-order valence-corrected chi connectivity index (χ4v) is 1.67. The Labute approximate surface area is 89.3 Å². The summed E-state index contributed by atoms with van der Waals surface area (Å²) in [5.41, 5.74) is 0.00161. The number of aromatic carboxylic acids is 1. The molecule has 2 N–H and O–H groups in total. The van der Waals surface area contributed by atoms with E-state index in [0.717, 1.165) is 12.1 Å². The van der Waals surface area contributed by atoms with Gasteiger partial charge in [0.15, 0.2) is 5.43 Å². The van der Waals surface area contributed by atoms with Gasteiger partial charge in [0.2, 0.25) is 0 Å². The van der Waals surface area contributed by atoms with E-state index in [1.807, 2.05) is 0 Å². The van der Waals surface area contributed by atoms with E-state index in [2.05, 4.69) is 4.98 Å². The maximum atomic E-state index is 13.1. The Bertz CT molecular complexity index is 645. The van der Waals surface area contributed by atoms with E-state index in [4.69, 9.17) is 5.11 Å². The van der Waals surface area contributed by atoms with Crippen molar-refractivity contribution in [2.45, 2.75) is 6.92 Å². The lowest BCUT2D eigenvalue weighted by molar-refractivity contribution is 0.0691. The summed E-state index contributed by atoms with van der Waals surface area (Å²) in [6.07, 6.45) is 0. The van der Waals surface area contributed by atoms with Gasteiger partial charge in [0, 0.05) is 11.5 Å². The van der Waals surface area contributed by atoms with Crippen molar-refractivity contribution < 1.29 is 14.3 Å². The third-order valence-corrected chi connectivity index (χ3v) is 2.32. The zero-order valence-electron chi connectivity index (χ0n) is 8.37. The topological polar surface area (TPSA) is 70.2 Å². The highest BCUT2D eigenvalue weighted by Gasteiger charge is 2.10. The van der Waals surface area contributed by atoms with Gasteiger partial charge in [-0.05, 0) is 24.6 Å². The van der Waals surface area contributed by atoms with Crippen LogP contribution in [0.3, 0.4) is 0 Å². The minimum Gasteiger partial charge on any atom is -0.477 e. The summed E-state index contributed by atoms with van der Waals surface area (Å²) in [5, 5.41) is 9.05. The minimum atomic E-state index is -1.25. The van der Waals surface area contributed by atoms with Gasteiger partial charge in [-0.2, -0.15) is 0 Å². The summed E-state index contributed by atoms with van der Waals surface area (Å²) < 4.78 is 13.1. The Morgan fingerprint density at radius 3 is 2.69 bits per heavy atom. The standard InChI is InChI=1S/C11H8FNO3/c1-5-2-6(12)3-7-10(5)9(14)4-8(13-7)11(15)16/h2-4H,1H3,(H,13,14)(H,15,16). The van der Waals surface area contributed by atoms with Crippen LogP contribution in [0.5, 0.6) is 0 Å². The Kier molecular flexibility index (Phi) is 2.23. The lowest BCUT2D eigenvalue weighted by atomic mass is 10.1. The second-order valence-electron chi connectivity index (χ2n) is 3.50. The van der Waals surface area contributed by atoms with Gasteiger partial charge in [0.1, 0.15) is 11.5 Å². The van der Waals surface area contributed by atoms with E-state index in [1.165, 1.54) is 6.07 Å². The van der Waals surface area contributed by atoms with Crippen LogP contribution in [0.25, 0.3) is 10.9 Å². The van der Waals surface area contributed by atoms with Gasteiger partial charge in [-0.25, -0.2) is 9.18 Å². The van der Waals surface area contributed by atoms with Gasteiger partial charge >= 0.3 is 5.97 Å². The van der Waals surface area contributed by atoms with Gasteiger partial charge < -0.3 is 10.1 Å². The van der Waals surface area contributed by atoms with Crippen molar-refractivity contribution >= 4 is 16.9 Å². The number of hydrogen-bond acceptors (Lipinski definition) is 2. The van der Waals surface area contributed by atoms with E-state index in [-0.39, 0.29) is 11.2 Å². The first-order chi connectivity index (χ1) is 7.49. The molecule has 2 rings (SSSR count). The molecule has 5 heteroatoms. The predicted molar refractivity (Wildman–Crippen MR) is 56.2 cm³/mol. The molecule has 4 nitrogen and oxygen atoms in total. The van der Waals surface area contributed by atoms with Crippen LogP contribution in [-0.2, 0) is 0 Å². The molecule has 0 unspecified atom stereocenters. The summed E-state index contributed by atoms with van der Waals surface area (Å²) in [6, 6.07) is 3.34. The zero-order valence-corrected chi connectivity index (χ0v) is 8.37. The van der Waals surface area contributed by atoms with E-state index < -0.39 is 17.2 Å². The number of carboxylic acids is 1. The Hall–Kier alpha value is -2.17. The molecule has 16 heavy (non-hydrogen) atoms. The summed E-state index contributed by atoms with van der Waals surface area (Å²) >= 11 is 0. The molecule has 1 aromatic carbocycles. The number of aromatic amines is 1. The molecule has 1 heterocycles. The highest BCUT2D eigenvalue weighted by molar-refractivity contribution is 5.90. The molecule has 0 spiro atoms. The van der Waals surface area contributed by atoms with Crippen molar-refractivity contribution in [2.75, 3.05) is 0 Å². The van der Waals surface area contributed by atoms with Gasteiger partial charge in [0.05, 0.1) is 5.52 Å². The molecule has 0 saturated heterocycles. The van der Waals surface area contributed by atoms with E-state index in [1.54, 1.807) is 6.92 Å². The number of pyridine rings is 1. The number of carbonyl (C=O) groups is 1. The molecule has 1 aromatic heterocycles. The summed E-state index contributed by atoms with van der Waals surface area (Å²) in [5.74, 6) is -1.76. The largest absolute Gasteiger partial charge is 0.477 e. The van der Waals surface area contributed by atoms with Crippen molar-refractivity contribution in [3.63, 3.8) is 0 Å². The third-order valence-electron chi connectivity index (χ3n) is 2.32. The second kappa shape index (κ2) is 3.44. The highest BCUT2D eigenvalue weighted by atomic mass is 19.1. The van der Waals surface area contributed by atoms with Crippen molar-refractivity contribution in [2.24, 2.45) is 0 Å². The van der Waals surface area contributed by atoms with E-state index >= 15 is 0 Å². The van der Waals surface area contributed by atoms with Crippen LogP contribution >= 0.6 is 0 Å². The number of rotatable bonds is 1.